The van der Waals surface area contributed by atoms with E-state index in [0.29, 0.717) is 6.42 Å². The molecule has 17 heavy (non-hydrogen) atoms. The summed E-state index contributed by atoms with van der Waals surface area (Å²) in [6.07, 6.45) is 2.73. The molecule has 1 aromatic rings. The third-order valence-electron chi connectivity index (χ3n) is 2.63. The Kier molecular flexibility index (Phi) is 6.08. The van der Waals surface area contributed by atoms with Crippen molar-refractivity contribution in [3.63, 3.8) is 0 Å². The first-order chi connectivity index (χ1) is 8.15. The van der Waals surface area contributed by atoms with Crippen molar-refractivity contribution in [2.45, 2.75) is 25.4 Å². The van der Waals surface area contributed by atoms with Crippen LogP contribution in [0.1, 0.15) is 24.9 Å². The molecule has 1 rings (SSSR count). The molecule has 0 bridgehead atoms. The summed E-state index contributed by atoms with van der Waals surface area (Å²) in [5.74, 6) is 0.837. The van der Waals surface area contributed by atoms with Gasteiger partial charge < -0.3 is 11.1 Å². The lowest BCUT2D eigenvalue weighted by atomic mass is 10.1. The highest BCUT2D eigenvalue weighted by atomic mass is 32.2. The summed E-state index contributed by atoms with van der Waals surface area (Å²) >= 11 is 1.70. The van der Waals surface area contributed by atoms with Crippen molar-refractivity contribution in [1.29, 1.82) is 0 Å². The summed E-state index contributed by atoms with van der Waals surface area (Å²) in [6.45, 7) is 1.97. The summed E-state index contributed by atoms with van der Waals surface area (Å²) in [6, 6.07) is 9.48. The van der Waals surface area contributed by atoms with Crippen molar-refractivity contribution in [2.75, 3.05) is 12.0 Å². The van der Waals surface area contributed by atoms with Gasteiger partial charge in [-0.05, 0) is 30.9 Å². The van der Waals surface area contributed by atoms with Crippen LogP contribution in [0.4, 0.5) is 0 Å². The van der Waals surface area contributed by atoms with E-state index in [1.165, 1.54) is 0 Å². The van der Waals surface area contributed by atoms with Gasteiger partial charge in [0.25, 0.3) is 0 Å². The van der Waals surface area contributed by atoms with Crippen molar-refractivity contribution < 1.29 is 4.79 Å². The van der Waals surface area contributed by atoms with Gasteiger partial charge in [0.2, 0.25) is 5.91 Å². The number of benzene rings is 1. The Morgan fingerprint density at radius 2 is 2.06 bits per heavy atom. The third kappa shape index (κ3) is 4.79. The first-order valence-corrected chi connectivity index (χ1v) is 7.14. The third-order valence-corrected chi connectivity index (χ3v) is 3.27. The average Bonchev–Trinajstić information content (AvgIpc) is 2.36. The van der Waals surface area contributed by atoms with Crippen molar-refractivity contribution >= 4 is 17.7 Å². The molecular formula is C13H20N2OS. The van der Waals surface area contributed by atoms with Gasteiger partial charge in [-0.15, -0.1) is 0 Å². The summed E-state index contributed by atoms with van der Waals surface area (Å²) in [4.78, 5) is 11.8. The Bertz CT molecular complexity index is 343. The highest BCUT2D eigenvalue weighted by Gasteiger charge is 2.15. The van der Waals surface area contributed by atoms with E-state index in [9.17, 15) is 4.79 Å². The molecule has 1 aromatic carbocycles. The van der Waals surface area contributed by atoms with Crippen LogP contribution in [0.2, 0.25) is 0 Å². The van der Waals surface area contributed by atoms with Gasteiger partial charge in [-0.1, -0.05) is 30.3 Å². The Hall–Kier alpha value is -1.00. The fourth-order valence-electron chi connectivity index (χ4n) is 1.52. The number of thioether (sulfide) groups is 1. The molecule has 0 radical (unpaired) electrons. The zero-order chi connectivity index (χ0) is 12.7. The Labute approximate surface area is 107 Å². The Morgan fingerprint density at radius 3 is 2.65 bits per heavy atom. The number of hydrogen-bond acceptors (Lipinski definition) is 3. The van der Waals surface area contributed by atoms with Crippen LogP contribution >= 0.6 is 11.8 Å². The molecular weight excluding hydrogens is 232 g/mol. The van der Waals surface area contributed by atoms with Gasteiger partial charge in [0, 0.05) is 0 Å². The number of rotatable bonds is 6. The fourth-order valence-corrected chi connectivity index (χ4v) is 2.01. The van der Waals surface area contributed by atoms with E-state index in [0.717, 1.165) is 11.3 Å². The molecule has 94 valence electrons. The summed E-state index contributed by atoms with van der Waals surface area (Å²) < 4.78 is 0. The van der Waals surface area contributed by atoms with E-state index in [2.05, 4.69) is 5.32 Å². The minimum absolute atomic E-state index is 0.00373. The van der Waals surface area contributed by atoms with E-state index in [1.54, 1.807) is 11.8 Å². The van der Waals surface area contributed by atoms with Gasteiger partial charge >= 0.3 is 0 Å². The molecule has 0 heterocycles. The normalized spacial score (nSPS) is 14.1. The van der Waals surface area contributed by atoms with Crippen LogP contribution in [0, 0.1) is 0 Å². The molecule has 0 aliphatic rings. The van der Waals surface area contributed by atoms with Crippen LogP contribution in [0.25, 0.3) is 0 Å². The monoisotopic (exact) mass is 252 g/mol. The first kappa shape index (κ1) is 14.1. The molecule has 0 aliphatic heterocycles. The maximum atomic E-state index is 11.8. The Balaban J connectivity index is 2.46. The van der Waals surface area contributed by atoms with Crippen molar-refractivity contribution in [3.8, 4) is 0 Å². The van der Waals surface area contributed by atoms with Crippen molar-refractivity contribution in [1.82, 2.24) is 5.32 Å². The summed E-state index contributed by atoms with van der Waals surface area (Å²) in [7, 11) is 0. The highest BCUT2D eigenvalue weighted by molar-refractivity contribution is 7.98. The molecule has 2 atom stereocenters. The van der Waals surface area contributed by atoms with E-state index >= 15 is 0 Å². The zero-order valence-electron chi connectivity index (χ0n) is 10.3. The summed E-state index contributed by atoms with van der Waals surface area (Å²) in [5.41, 5.74) is 6.90. The smallest absolute Gasteiger partial charge is 0.237 e. The molecule has 0 fully saturated rings. The second kappa shape index (κ2) is 7.35. The number of hydrogen-bond donors (Lipinski definition) is 2. The fraction of sp³-hybridized carbons (Fsp3) is 0.462. The number of nitrogens with one attached hydrogen (secondary N) is 1. The van der Waals surface area contributed by atoms with Gasteiger partial charge in [0.05, 0.1) is 12.1 Å². The lowest BCUT2D eigenvalue weighted by molar-refractivity contribution is -0.123. The average molecular weight is 252 g/mol. The highest BCUT2D eigenvalue weighted by Crippen LogP contribution is 2.11. The van der Waals surface area contributed by atoms with Gasteiger partial charge in [-0.25, -0.2) is 0 Å². The van der Waals surface area contributed by atoms with Crippen LogP contribution in [0.5, 0.6) is 0 Å². The van der Waals surface area contributed by atoms with Crippen LogP contribution in [-0.2, 0) is 4.79 Å². The number of carbonyl (C=O) groups is 1. The van der Waals surface area contributed by atoms with Gasteiger partial charge in [0.1, 0.15) is 0 Å². The molecule has 0 saturated heterocycles. The van der Waals surface area contributed by atoms with Crippen molar-refractivity contribution in [3.05, 3.63) is 35.9 Å². The molecule has 0 saturated carbocycles. The van der Waals surface area contributed by atoms with E-state index in [-0.39, 0.29) is 11.9 Å². The first-order valence-electron chi connectivity index (χ1n) is 5.75. The molecule has 0 spiro atoms. The number of nitrogens with two attached hydrogens (primary N) is 1. The maximum absolute atomic E-state index is 11.8. The quantitative estimate of drug-likeness (QED) is 0.813. The van der Waals surface area contributed by atoms with E-state index in [4.69, 9.17) is 5.73 Å². The second-order valence-corrected chi connectivity index (χ2v) is 5.01. The molecule has 0 aliphatic carbocycles. The zero-order valence-corrected chi connectivity index (χ0v) is 11.2. The van der Waals surface area contributed by atoms with Crippen LogP contribution in [0.15, 0.2) is 30.3 Å². The Morgan fingerprint density at radius 1 is 1.41 bits per heavy atom. The molecule has 3 N–H and O–H groups in total. The van der Waals surface area contributed by atoms with E-state index < -0.39 is 6.04 Å². The van der Waals surface area contributed by atoms with Crippen LogP contribution < -0.4 is 11.1 Å². The maximum Gasteiger partial charge on any atom is 0.237 e. The van der Waals surface area contributed by atoms with Gasteiger partial charge in [0.15, 0.2) is 0 Å². The van der Waals surface area contributed by atoms with Crippen LogP contribution in [-0.4, -0.2) is 24.0 Å². The largest absolute Gasteiger partial charge is 0.348 e. The number of carbonyl (C=O) groups excluding carboxylic acids is 1. The van der Waals surface area contributed by atoms with Gasteiger partial charge in [-0.2, -0.15) is 11.8 Å². The molecule has 1 amide bonds. The molecule has 1 unspecified atom stereocenters. The van der Waals surface area contributed by atoms with Crippen LogP contribution in [0.3, 0.4) is 0 Å². The standard InChI is InChI=1S/C13H20N2OS/c1-10(11-6-4-3-5-7-11)15-13(16)12(14)8-9-17-2/h3-7,10,12H,8-9,14H2,1-2H3,(H,15,16)/t10?,12-/m0/s1. The molecule has 4 heteroatoms. The predicted molar refractivity (Wildman–Crippen MR) is 74.0 cm³/mol. The minimum Gasteiger partial charge on any atom is -0.348 e. The van der Waals surface area contributed by atoms with Gasteiger partial charge in [-0.3, -0.25) is 4.79 Å². The van der Waals surface area contributed by atoms with Crippen molar-refractivity contribution in [2.24, 2.45) is 5.73 Å². The lowest BCUT2D eigenvalue weighted by Gasteiger charge is -2.17. The number of amides is 1. The van der Waals surface area contributed by atoms with E-state index in [1.807, 2.05) is 43.5 Å². The predicted octanol–water partition coefficient (Wildman–Crippen LogP) is 1.94. The SMILES string of the molecule is CSCC[C@H](N)C(=O)NC(C)c1ccccc1. The minimum atomic E-state index is -0.409. The summed E-state index contributed by atoms with van der Waals surface area (Å²) in [5, 5.41) is 2.93. The molecule has 3 nitrogen and oxygen atoms in total. The molecule has 0 aromatic heterocycles. The topological polar surface area (TPSA) is 55.1 Å². The lowest BCUT2D eigenvalue weighted by Crippen LogP contribution is -2.41. The second-order valence-electron chi connectivity index (χ2n) is 4.03.